The van der Waals surface area contributed by atoms with Crippen LogP contribution in [0.3, 0.4) is 0 Å². The number of hydrogen-bond donors (Lipinski definition) is 0. The van der Waals surface area contributed by atoms with Crippen molar-refractivity contribution in [3.63, 3.8) is 0 Å². The maximum Gasteiger partial charge on any atom is -0.00853 e. The fraction of sp³-hybridized carbons (Fsp3) is 0.733. The van der Waals surface area contributed by atoms with Gasteiger partial charge in [0.2, 0.25) is 0 Å². The average molecular weight is 405 g/mol. The monoisotopic (exact) mass is 404 g/mol. The van der Waals surface area contributed by atoms with Gasteiger partial charge in [-0.15, -0.1) is 0 Å². The van der Waals surface area contributed by atoms with Crippen molar-refractivity contribution in [1.82, 2.24) is 0 Å². The van der Waals surface area contributed by atoms with Gasteiger partial charge < -0.3 is 0 Å². The molecule has 5 rings (SSSR count). The zero-order valence-corrected chi connectivity index (χ0v) is 19.8. The lowest BCUT2D eigenvalue weighted by Gasteiger charge is -2.58. The Bertz CT molecular complexity index is 760. The fourth-order valence-corrected chi connectivity index (χ4v) is 9.15. The molecule has 3 fully saturated rings. The molecule has 7 atom stereocenters. The minimum absolute atomic E-state index is 0.557. The van der Waals surface area contributed by atoms with E-state index in [2.05, 4.69) is 57.2 Å². The van der Waals surface area contributed by atoms with Crippen molar-refractivity contribution in [2.24, 2.45) is 40.4 Å². The highest BCUT2D eigenvalue weighted by molar-refractivity contribution is 5.24. The van der Waals surface area contributed by atoms with Gasteiger partial charge in [-0.05, 0) is 110 Å². The largest absolute Gasteiger partial charge is 0.0845 e. The number of aryl methyl sites for hydroxylation is 1. The third kappa shape index (κ3) is 3.41. The van der Waals surface area contributed by atoms with E-state index < -0.39 is 0 Å². The van der Waals surface area contributed by atoms with Crippen LogP contribution < -0.4 is 0 Å². The summed E-state index contributed by atoms with van der Waals surface area (Å²) in [5, 5.41) is 0. The second-order valence-corrected chi connectivity index (χ2v) is 12.0. The molecule has 7 unspecified atom stereocenters. The summed E-state index contributed by atoms with van der Waals surface area (Å²) < 4.78 is 0. The van der Waals surface area contributed by atoms with Crippen LogP contribution in [0, 0.1) is 40.4 Å². The lowest BCUT2D eigenvalue weighted by Crippen LogP contribution is -2.50. The molecule has 0 saturated heterocycles. The van der Waals surface area contributed by atoms with Crippen LogP contribution in [0.5, 0.6) is 0 Å². The number of rotatable bonds is 5. The minimum Gasteiger partial charge on any atom is -0.0845 e. The molecular weight excluding hydrogens is 360 g/mol. The molecule has 1 aromatic carbocycles. The molecule has 4 aliphatic rings. The summed E-state index contributed by atoms with van der Waals surface area (Å²) in [5.74, 6) is 4.82. The van der Waals surface area contributed by atoms with E-state index in [4.69, 9.17) is 0 Å². The maximum atomic E-state index is 2.74. The highest BCUT2D eigenvalue weighted by atomic mass is 14.6. The highest BCUT2D eigenvalue weighted by Gasteiger charge is 2.58. The minimum atomic E-state index is 0.557. The van der Waals surface area contributed by atoms with Gasteiger partial charge in [0.05, 0.1) is 0 Å². The Morgan fingerprint density at radius 1 is 0.967 bits per heavy atom. The van der Waals surface area contributed by atoms with Gasteiger partial charge in [0, 0.05) is 0 Å². The molecule has 0 bridgehead atoms. The standard InChI is InChI=1S/C30H44/c1-22(10-9-13-23-11-5-4-6-12-23)26-17-18-27-25-16-15-24-14-7-8-20-29(24,2)28(25)19-21-30(26,27)3/h4-6,11-12,15,22,25-28H,7-10,13-14,16-21H2,1-3H3. The SMILES string of the molecule is CC(CCCc1ccccc1)C1CCC2C3CC=C4CCCCC4(C)C3CCC12C. The second-order valence-electron chi connectivity index (χ2n) is 12.0. The summed E-state index contributed by atoms with van der Waals surface area (Å²) in [6, 6.07) is 11.1. The molecule has 0 amide bonds. The van der Waals surface area contributed by atoms with Crippen LogP contribution >= 0.6 is 0 Å². The van der Waals surface area contributed by atoms with Crippen molar-refractivity contribution in [3.05, 3.63) is 47.5 Å². The third-order valence-electron chi connectivity index (χ3n) is 10.7. The van der Waals surface area contributed by atoms with Crippen LogP contribution in [-0.2, 0) is 6.42 Å². The zero-order valence-electron chi connectivity index (χ0n) is 19.8. The van der Waals surface area contributed by atoms with E-state index in [1.165, 1.54) is 82.6 Å². The number of hydrogen-bond acceptors (Lipinski definition) is 0. The molecule has 4 aliphatic carbocycles. The van der Waals surface area contributed by atoms with Gasteiger partial charge in [0.15, 0.2) is 0 Å². The van der Waals surface area contributed by atoms with Crippen LogP contribution in [0.15, 0.2) is 42.0 Å². The molecular formula is C30H44. The molecule has 0 heterocycles. The first kappa shape index (κ1) is 20.8. The molecule has 0 N–H and O–H groups in total. The Labute approximate surface area is 185 Å². The van der Waals surface area contributed by atoms with Crippen LogP contribution in [0.1, 0.15) is 97.0 Å². The van der Waals surface area contributed by atoms with Crippen molar-refractivity contribution in [2.75, 3.05) is 0 Å². The van der Waals surface area contributed by atoms with E-state index >= 15 is 0 Å². The molecule has 0 heteroatoms. The van der Waals surface area contributed by atoms with E-state index in [-0.39, 0.29) is 0 Å². The Morgan fingerprint density at radius 2 is 1.80 bits per heavy atom. The molecule has 164 valence electrons. The molecule has 0 radical (unpaired) electrons. The van der Waals surface area contributed by atoms with Crippen LogP contribution in [0.4, 0.5) is 0 Å². The normalized spacial score (nSPS) is 41.4. The van der Waals surface area contributed by atoms with Crippen molar-refractivity contribution < 1.29 is 0 Å². The van der Waals surface area contributed by atoms with Crippen molar-refractivity contribution >= 4 is 0 Å². The smallest absolute Gasteiger partial charge is 0.00853 e. The summed E-state index contributed by atoms with van der Waals surface area (Å²) in [5.41, 5.74) is 4.56. The topological polar surface area (TPSA) is 0 Å². The van der Waals surface area contributed by atoms with Crippen molar-refractivity contribution in [3.8, 4) is 0 Å². The zero-order chi connectivity index (χ0) is 20.8. The van der Waals surface area contributed by atoms with Gasteiger partial charge in [-0.2, -0.15) is 0 Å². The number of fused-ring (bicyclic) bond motifs is 5. The van der Waals surface area contributed by atoms with Gasteiger partial charge in [0.1, 0.15) is 0 Å². The highest BCUT2D eigenvalue weighted by Crippen LogP contribution is 2.67. The summed E-state index contributed by atoms with van der Waals surface area (Å²) in [4.78, 5) is 0. The quantitative estimate of drug-likeness (QED) is 0.431. The van der Waals surface area contributed by atoms with Crippen molar-refractivity contribution in [1.29, 1.82) is 0 Å². The molecule has 0 aliphatic heterocycles. The van der Waals surface area contributed by atoms with E-state index in [0.717, 1.165) is 29.6 Å². The molecule has 0 nitrogen and oxygen atoms in total. The fourth-order valence-electron chi connectivity index (χ4n) is 9.15. The third-order valence-corrected chi connectivity index (χ3v) is 10.7. The lowest BCUT2D eigenvalue weighted by molar-refractivity contribution is -0.0499. The first-order valence-corrected chi connectivity index (χ1v) is 13.3. The van der Waals surface area contributed by atoms with Crippen molar-refractivity contribution in [2.45, 2.75) is 97.8 Å². The number of allylic oxidation sites excluding steroid dienone is 2. The molecule has 30 heavy (non-hydrogen) atoms. The predicted molar refractivity (Wildman–Crippen MR) is 128 cm³/mol. The van der Waals surface area contributed by atoms with E-state index in [9.17, 15) is 0 Å². The Kier molecular flexibility index (Phi) is 5.66. The van der Waals surface area contributed by atoms with Gasteiger partial charge in [-0.25, -0.2) is 0 Å². The maximum absolute atomic E-state index is 2.74. The van der Waals surface area contributed by atoms with Gasteiger partial charge >= 0.3 is 0 Å². The number of benzene rings is 1. The first-order chi connectivity index (χ1) is 14.5. The Morgan fingerprint density at radius 3 is 2.63 bits per heavy atom. The van der Waals surface area contributed by atoms with Gasteiger partial charge in [-0.1, -0.05) is 75.6 Å². The van der Waals surface area contributed by atoms with E-state index in [1.54, 1.807) is 0 Å². The molecule has 0 spiro atoms. The van der Waals surface area contributed by atoms with Crippen LogP contribution in [0.2, 0.25) is 0 Å². The molecule has 3 saturated carbocycles. The Hall–Kier alpha value is -1.04. The lowest BCUT2D eigenvalue weighted by atomic mass is 9.47. The van der Waals surface area contributed by atoms with E-state index in [1.807, 2.05) is 5.57 Å². The van der Waals surface area contributed by atoms with E-state index in [0.29, 0.717) is 10.8 Å². The summed E-state index contributed by atoms with van der Waals surface area (Å²) in [6.45, 7) is 7.98. The summed E-state index contributed by atoms with van der Waals surface area (Å²) >= 11 is 0. The van der Waals surface area contributed by atoms with Gasteiger partial charge in [0.25, 0.3) is 0 Å². The Balaban J connectivity index is 1.26. The first-order valence-electron chi connectivity index (χ1n) is 13.3. The predicted octanol–water partition coefficient (Wildman–Crippen LogP) is 8.61. The second kappa shape index (κ2) is 8.14. The molecule has 1 aromatic rings. The molecule has 0 aromatic heterocycles. The van der Waals surface area contributed by atoms with Crippen LogP contribution in [-0.4, -0.2) is 0 Å². The van der Waals surface area contributed by atoms with Gasteiger partial charge in [-0.3, -0.25) is 0 Å². The average Bonchev–Trinajstić information content (AvgIpc) is 3.11. The summed E-state index contributed by atoms with van der Waals surface area (Å²) in [6.07, 6.45) is 20.0. The summed E-state index contributed by atoms with van der Waals surface area (Å²) in [7, 11) is 0. The van der Waals surface area contributed by atoms with Crippen LogP contribution in [0.25, 0.3) is 0 Å².